The smallest absolute Gasteiger partial charge is 0.287 e. The maximum atomic E-state index is 10.6. The van der Waals surface area contributed by atoms with Gasteiger partial charge in [0.2, 0.25) is 0 Å². The first-order chi connectivity index (χ1) is 11.5. The maximum absolute atomic E-state index is 10.6. The standard InChI is InChI=1S/C16H18N4O4/c1-11(2)24-16-12(5-4-6-14(16)23-3)9-18-19-15-8-7-13(10-17-15)20(21)22/h4-11H,1-3H3,(H,17,19)/b18-9+. The molecule has 0 spiro atoms. The van der Waals surface area contributed by atoms with Crippen molar-refractivity contribution in [2.75, 3.05) is 12.5 Å². The van der Waals surface area contributed by atoms with Gasteiger partial charge in [0.15, 0.2) is 11.5 Å². The van der Waals surface area contributed by atoms with E-state index in [1.54, 1.807) is 19.4 Å². The molecule has 1 aromatic carbocycles. The number of nitro groups is 1. The number of rotatable bonds is 7. The average molecular weight is 330 g/mol. The Kier molecular flexibility index (Phi) is 5.67. The molecule has 0 saturated heterocycles. The van der Waals surface area contributed by atoms with E-state index < -0.39 is 4.92 Å². The molecule has 0 aliphatic heterocycles. The molecule has 0 unspecified atom stereocenters. The summed E-state index contributed by atoms with van der Waals surface area (Å²) in [6.45, 7) is 3.85. The summed E-state index contributed by atoms with van der Waals surface area (Å²) in [7, 11) is 1.57. The lowest BCUT2D eigenvalue weighted by Crippen LogP contribution is -2.09. The van der Waals surface area contributed by atoms with Crippen LogP contribution < -0.4 is 14.9 Å². The van der Waals surface area contributed by atoms with Gasteiger partial charge >= 0.3 is 0 Å². The van der Waals surface area contributed by atoms with E-state index in [2.05, 4.69) is 15.5 Å². The number of hydrogen-bond acceptors (Lipinski definition) is 7. The first kappa shape index (κ1) is 17.2. The average Bonchev–Trinajstić information content (AvgIpc) is 2.56. The van der Waals surface area contributed by atoms with Gasteiger partial charge in [0, 0.05) is 11.6 Å². The Morgan fingerprint density at radius 1 is 1.33 bits per heavy atom. The Morgan fingerprint density at radius 2 is 2.12 bits per heavy atom. The maximum Gasteiger partial charge on any atom is 0.287 e. The van der Waals surface area contributed by atoms with Crippen molar-refractivity contribution in [1.29, 1.82) is 0 Å². The van der Waals surface area contributed by atoms with Crippen LogP contribution in [0.5, 0.6) is 11.5 Å². The number of hydrazone groups is 1. The van der Waals surface area contributed by atoms with E-state index in [4.69, 9.17) is 9.47 Å². The summed E-state index contributed by atoms with van der Waals surface area (Å²) < 4.78 is 11.1. The lowest BCUT2D eigenvalue weighted by Gasteiger charge is -2.15. The van der Waals surface area contributed by atoms with Crippen LogP contribution in [-0.2, 0) is 0 Å². The van der Waals surface area contributed by atoms with Crippen LogP contribution in [-0.4, -0.2) is 29.3 Å². The van der Waals surface area contributed by atoms with Crippen LogP contribution in [0.2, 0.25) is 0 Å². The highest BCUT2D eigenvalue weighted by molar-refractivity contribution is 5.85. The lowest BCUT2D eigenvalue weighted by atomic mass is 10.2. The lowest BCUT2D eigenvalue weighted by molar-refractivity contribution is -0.385. The molecule has 1 heterocycles. The Morgan fingerprint density at radius 3 is 2.71 bits per heavy atom. The molecular weight excluding hydrogens is 312 g/mol. The van der Waals surface area contributed by atoms with E-state index in [9.17, 15) is 10.1 Å². The first-order valence-electron chi connectivity index (χ1n) is 7.24. The summed E-state index contributed by atoms with van der Waals surface area (Å²) in [6.07, 6.45) is 2.72. The van der Waals surface area contributed by atoms with Crippen molar-refractivity contribution in [1.82, 2.24) is 4.98 Å². The molecule has 0 atom stereocenters. The minimum absolute atomic E-state index is 0.0160. The molecule has 0 fully saturated rings. The molecule has 0 bridgehead atoms. The molecule has 0 saturated carbocycles. The number of ether oxygens (including phenoxy) is 2. The second-order valence-corrected chi connectivity index (χ2v) is 5.07. The molecule has 2 aromatic rings. The van der Waals surface area contributed by atoms with Crippen LogP contribution in [0.15, 0.2) is 41.6 Å². The topological polar surface area (TPSA) is 98.9 Å². The summed E-state index contributed by atoms with van der Waals surface area (Å²) in [6, 6.07) is 8.31. The highest BCUT2D eigenvalue weighted by Crippen LogP contribution is 2.31. The fraction of sp³-hybridized carbons (Fsp3) is 0.250. The van der Waals surface area contributed by atoms with Crippen LogP contribution in [0.4, 0.5) is 11.5 Å². The van der Waals surface area contributed by atoms with Gasteiger partial charge in [-0.15, -0.1) is 0 Å². The van der Waals surface area contributed by atoms with Gasteiger partial charge in [-0.1, -0.05) is 6.07 Å². The number of nitrogens with zero attached hydrogens (tertiary/aromatic N) is 3. The Balaban J connectivity index is 2.15. The number of nitrogens with one attached hydrogen (secondary N) is 1. The molecule has 0 radical (unpaired) electrons. The van der Waals surface area contributed by atoms with Gasteiger partial charge in [0.1, 0.15) is 12.0 Å². The second kappa shape index (κ2) is 7.91. The predicted octanol–water partition coefficient (Wildman–Crippen LogP) is 3.23. The van der Waals surface area contributed by atoms with Crippen molar-refractivity contribution >= 4 is 17.7 Å². The third-order valence-electron chi connectivity index (χ3n) is 2.92. The number of benzene rings is 1. The van der Waals surface area contributed by atoms with Crippen molar-refractivity contribution in [3.63, 3.8) is 0 Å². The second-order valence-electron chi connectivity index (χ2n) is 5.07. The summed E-state index contributed by atoms with van der Waals surface area (Å²) in [5, 5.41) is 14.7. The van der Waals surface area contributed by atoms with Crippen molar-refractivity contribution in [2.24, 2.45) is 5.10 Å². The Bertz CT molecular complexity index is 729. The third kappa shape index (κ3) is 4.42. The zero-order valence-corrected chi connectivity index (χ0v) is 13.6. The zero-order chi connectivity index (χ0) is 17.5. The number of anilines is 1. The molecule has 0 aliphatic carbocycles. The molecular formula is C16H18N4O4. The summed E-state index contributed by atoms with van der Waals surface area (Å²) in [4.78, 5) is 14.0. The van der Waals surface area contributed by atoms with Crippen LogP contribution in [0.25, 0.3) is 0 Å². The summed E-state index contributed by atoms with van der Waals surface area (Å²) >= 11 is 0. The number of para-hydroxylation sites is 1. The molecule has 24 heavy (non-hydrogen) atoms. The fourth-order valence-corrected chi connectivity index (χ4v) is 1.89. The number of aromatic nitrogens is 1. The molecule has 2 rings (SSSR count). The molecule has 8 heteroatoms. The van der Waals surface area contributed by atoms with Crippen LogP contribution in [0.3, 0.4) is 0 Å². The van der Waals surface area contributed by atoms with Crippen molar-refractivity contribution in [2.45, 2.75) is 20.0 Å². The van der Waals surface area contributed by atoms with Gasteiger partial charge in [0.25, 0.3) is 5.69 Å². The third-order valence-corrected chi connectivity index (χ3v) is 2.92. The normalized spacial score (nSPS) is 10.8. The van der Waals surface area contributed by atoms with Crippen molar-refractivity contribution in [3.05, 3.63) is 52.2 Å². The molecule has 1 aromatic heterocycles. The minimum atomic E-state index is -0.508. The predicted molar refractivity (Wildman–Crippen MR) is 90.9 cm³/mol. The molecule has 8 nitrogen and oxygen atoms in total. The van der Waals surface area contributed by atoms with E-state index in [1.165, 1.54) is 12.1 Å². The van der Waals surface area contributed by atoms with Gasteiger partial charge in [-0.25, -0.2) is 4.98 Å². The Hall–Kier alpha value is -3.16. The Labute approximate surface area is 139 Å². The fourth-order valence-electron chi connectivity index (χ4n) is 1.89. The van der Waals surface area contributed by atoms with E-state index in [0.717, 1.165) is 11.8 Å². The van der Waals surface area contributed by atoms with E-state index in [0.29, 0.717) is 17.3 Å². The van der Waals surface area contributed by atoms with Gasteiger partial charge in [-0.3, -0.25) is 15.5 Å². The van der Waals surface area contributed by atoms with Crippen LogP contribution in [0.1, 0.15) is 19.4 Å². The SMILES string of the molecule is COc1cccc(/C=N/Nc2ccc([N+](=O)[O-])cn2)c1OC(C)C. The largest absolute Gasteiger partial charge is 0.493 e. The number of hydrogen-bond donors (Lipinski definition) is 1. The minimum Gasteiger partial charge on any atom is -0.493 e. The molecule has 1 N–H and O–H groups in total. The zero-order valence-electron chi connectivity index (χ0n) is 13.6. The van der Waals surface area contributed by atoms with Crippen LogP contribution in [0, 0.1) is 10.1 Å². The van der Waals surface area contributed by atoms with Crippen molar-refractivity contribution < 1.29 is 14.4 Å². The van der Waals surface area contributed by atoms with E-state index in [-0.39, 0.29) is 11.8 Å². The summed E-state index contributed by atoms with van der Waals surface area (Å²) in [5.41, 5.74) is 3.37. The van der Waals surface area contributed by atoms with Crippen molar-refractivity contribution in [3.8, 4) is 11.5 Å². The van der Waals surface area contributed by atoms with Gasteiger partial charge in [-0.05, 0) is 32.0 Å². The number of pyridine rings is 1. The van der Waals surface area contributed by atoms with Crippen LogP contribution >= 0.6 is 0 Å². The summed E-state index contributed by atoms with van der Waals surface area (Å²) in [5.74, 6) is 1.60. The van der Waals surface area contributed by atoms with Gasteiger partial charge in [0.05, 0.1) is 24.4 Å². The van der Waals surface area contributed by atoms with Gasteiger partial charge in [-0.2, -0.15) is 5.10 Å². The molecule has 0 amide bonds. The van der Waals surface area contributed by atoms with Gasteiger partial charge < -0.3 is 9.47 Å². The van der Waals surface area contributed by atoms with E-state index in [1.807, 2.05) is 26.0 Å². The molecule has 0 aliphatic rings. The highest BCUT2D eigenvalue weighted by Gasteiger charge is 2.11. The molecule has 126 valence electrons. The monoisotopic (exact) mass is 330 g/mol. The quantitative estimate of drug-likeness (QED) is 0.475. The first-order valence-corrected chi connectivity index (χ1v) is 7.24. The number of methoxy groups -OCH3 is 1. The highest BCUT2D eigenvalue weighted by atomic mass is 16.6. The van der Waals surface area contributed by atoms with E-state index >= 15 is 0 Å².